The average molecular weight is 179 g/mol. The molecule has 0 aliphatic carbocycles. The van der Waals surface area contributed by atoms with Crippen molar-refractivity contribution in [2.24, 2.45) is 0 Å². The third-order valence-electron chi connectivity index (χ3n) is 1.78. The first-order valence-corrected chi connectivity index (χ1v) is 4.02. The third kappa shape index (κ3) is 1.04. The van der Waals surface area contributed by atoms with Crippen LogP contribution in [0.25, 0.3) is 11.0 Å². The molecule has 1 heterocycles. The van der Waals surface area contributed by atoms with Crippen LogP contribution in [0.15, 0.2) is 24.5 Å². The molecule has 0 atom stereocenters. The van der Waals surface area contributed by atoms with E-state index in [0.717, 1.165) is 16.6 Å². The number of rotatable bonds is 0. The maximum atomic E-state index is 5.93. The van der Waals surface area contributed by atoms with Gasteiger partial charge in [0.15, 0.2) is 0 Å². The molecule has 0 unspecified atom stereocenters. The van der Waals surface area contributed by atoms with Gasteiger partial charge in [-0.15, -0.1) is 0 Å². The van der Waals surface area contributed by atoms with Crippen LogP contribution in [0.1, 0.15) is 5.56 Å². The van der Waals surface area contributed by atoms with E-state index in [0.29, 0.717) is 5.02 Å². The fraction of sp³-hybridized carbons (Fsp3) is 0.111. The fourth-order valence-corrected chi connectivity index (χ4v) is 1.36. The molecule has 2 rings (SSSR count). The number of aromatic nitrogens is 2. The Hall–Kier alpha value is -1.15. The van der Waals surface area contributed by atoms with Gasteiger partial charge in [0.05, 0.1) is 10.5 Å². The third-order valence-corrected chi connectivity index (χ3v) is 2.08. The monoisotopic (exact) mass is 178 g/mol. The van der Waals surface area contributed by atoms with Crippen LogP contribution in [0.3, 0.4) is 0 Å². The standard InChI is InChI=1S/C9H7ClN2/c1-6-2-3-7(10)9-8(6)11-4-5-12-9/h2-5H,1H3. The highest BCUT2D eigenvalue weighted by Crippen LogP contribution is 2.21. The molecule has 0 saturated heterocycles. The lowest BCUT2D eigenvalue weighted by Crippen LogP contribution is -1.85. The largest absolute Gasteiger partial charge is 0.253 e. The Labute approximate surface area is 75.2 Å². The van der Waals surface area contributed by atoms with E-state index in [1.54, 1.807) is 12.4 Å². The van der Waals surface area contributed by atoms with Crippen molar-refractivity contribution >= 4 is 22.6 Å². The maximum absolute atomic E-state index is 5.93. The molecule has 1 aromatic carbocycles. The molecule has 3 heteroatoms. The maximum Gasteiger partial charge on any atom is 0.107 e. The summed E-state index contributed by atoms with van der Waals surface area (Å²) in [4.78, 5) is 8.34. The number of benzene rings is 1. The van der Waals surface area contributed by atoms with E-state index in [1.807, 2.05) is 19.1 Å². The summed E-state index contributed by atoms with van der Waals surface area (Å²) in [5.74, 6) is 0. The summed E-state index contributed by atoms with van der Waals surface area (Å²) in [5, 5.41) is 0.656. The van der Waals surface area contributed by atoms with Gasteiger partial charge in [-0.3, -0.25) is 9.97 Å². The van der Waals surface area contributed by atoms with E-state index >= 15 is 0 Å². The van der Waals surface area contributed by atoms with Crippen LogP contribution in [0.2, 0.25) is 5.02 Å². The molecule has 0 saturated carbocycles. The van der Waals surface area contributed by atoms with E-state index in [9.17, 15) is 0 Å². The summed E-state index contributed by atoms with van der Waals surface area (Å²) in [6, 6.07) is 3.78. The summed E-state index contributed by atoms with van der Waals surface area (Å²) in [6.45, 7) is 1.99. The smallest absolute Gasteiger partial charge is 0.107 e. The minimum atomic E-state index is 0.656. The highest BCUT2D eigenvalue weighted by atomic mass is 35.5. The SMILES string of the molecule is Cc1ccc(Cl)c2nccnc12. The Morgan fingerprint density at radius 3 is 2.42 bits per heavy atom. The van der Waals surface area contributed by atoms with Crippen molar-refractivity contribution in [2.75, 3.05) is 0 Å². The molecule has 0 spiro atoms. The van der Waals surface area contributed by atoms with Crippen LogP contribution in [-0.2, 0) is 0 Å². The Morgan fingerprint density at radius 1 is 1.08 bits per heavy atom. The number of hydrogen-bond acceptors (Lipinski definition) is 2. The van der Waals surface area contributed by atoms with Crippen LogP contribution < -0.4 is 0 Å². The van der Waals surface area contributed by atoms with E-state index in [-0.39, 0.29) is 0 Å². The van der Waals surface area contributed by atoms with Crippen LogP contribution in [-0.4, -0.2) is 9.97 Å². The second kappa shape index (κ2) is 2.72. The van der Waals surface area contributed by atoms with Crippen LogP contribution >= 0.6 is 11.6 Å². The molecule has 12 heavy (non-hydrogen) atoms. The van der Waals surface area contributed by atoms with Crippen molar-refractivity contribution in [3.8, 4) is 0 Å². The Bertz CT molecular complexity index is 385. The van der Waals surface area contributed by atoms with Crippen molar-refractivity contribution < 1.29 is 0 Å². The van der Waals surface area contributed by atoms with Gasteiger partial charge in [0.2, 0.25) is 0 Å². The number of hydrogen-bond donors (Lipinski definition) is 0. The topological polar surface area (TPSA) is 25.8 Å². The second-order valence-electron chi connectivity index (χ2n) is 2.62. The molecule has 1 aromatic heterocycles. The lowest BCUT2D eigenvalue weighted by Gasteiger charge is -2.00. The molecule has 0 amide bonds. The molecular formula is C9H7ClN2. The number of aryl methyl sites for hydroxylation is 1. The molecule has 0 N–H and O–H groups in total. The Balaban J connectivity index is 2.95. The summed E-state index contributed by atoms with van der Waals surface area (Å²) in [5.41, 5.74) is 2.76. The predicted molar refractivity (Wildman–Crippen MR) is 49.3 cm³/mol. The van der Waals surface area contributed by atoms with E-state index in [1.165, 1.54) is 0 Å². The fourth-order valence-electron chi connectivity index (χ4n) is 1.16. The quantitative estimate of drug-likeness (QED) is 0.620. The van der Waals surface area contributed by atoms with Gasteiger partial charge in [0.1, 0.15) is 5.52 Å². The van der Waals surface area contributed by atoms with Gasteiger partial charge in [0.25, 0.3) is 0 Å². The lowest BCUT2D eigenvalue weighted by molar-refractivity contribution is 1.27. The Kier molecular flexibility index (Phi) is 1.70. The lowest BCUT2D eigenvalue weighted by atomic mass is 10.2. The zero-order valence-electron chi connectivity index (χ0n) is 6.58. The molecule has 2 aromatic rings. The zero-order valence-corrected chi connectivity index (χ0v) is 7.34. The summed E-state index contributed by atoms with van der Waals surface area (Å²) in [7, 11) is 0. The summed E-state index contributed by atoms with van der Waals surface area (Å²) in [6.07, 6.45) is 3.32. The van der Waals surface area contributed by atoms with Crippen LogP contribution in [0, 0.1) is 6.92 Å². The molecule has 60 valence electrons. The average Bonchev–Trinajstić information content (AvgIpc) is 2.12. The highest BCUT2D eigenvalue weighted by Gasteiger charge is 2.01. The normalized spacial score (nSPS) is 10.5. The molecule has 2 nitrogen and oxygen atoms in total. The molecular weight excluding hydrogens is 172 g/mol. The first-order valence-electron chi connectivity index (χ1n) is 3.65. The van der Waals surface area contributed by atoms with E-state index < -0.39 is 0 Å². The van der Waals surface area contributed by atoms with Gasteiger partial charge in [-0.1, -0.05) is 17.7 Å². The predicted octanol–water partition coefficient (Wildman–Crippen LogP) is 2.59. The van der Waals surface area contributed by atoms with Crippen molar-refractivity contribution in [1.29, 1.82) is 0 Å². The molecule has 0 radical (unpaired) electrons. The number of fused-ring (bicyclic) bond motifs is 1. The van der Waals surface area contributed by atoms with Gasteiger partial charge in [-0.25, -0.2) is 0 Å². The van der Waals surface area contributed by atoms with Gasteiger partial charge >= 0.3 is 0 Å². The minimum absolute atomic E-state index is 0.656. The van der Waals surface area contributed by atoms with Gasteiger partial charge in [0, 0.05) is 12.4 Å². The van der Waals surface area contributed by atoms with Crippen LogP contribution in [0.5, 0.6) is 0 Å². The Morgan fingerprint density at radius 2 is 1.75 bits per heavy atom. The van der Waals surface area contributed by atoms with Crippen LogP contribution in [0.4, 0.5) is 0 Å². The summed E-state index contributed by atoms with van der Waals surface area (Å²) < 4.78 is 0. The van der Waals surface area contributed by atoms with Gasteiger partial charge in [-0.2, -0.15) is 0 Å². The molecule has 0 fully saturated rings. The van der Waals surface area contributed by atoms with Crippen molar-refractivity contribution in [2.45, 2.75) is 6.92 Å². The molecule has 0 bridgehead atoms. The van der Waals surface area contributed by atoms with Gasteiger partial charge < -0.3 is 0 Å². The van der Waals surface area contributed by atoms with E-state index in [4.69, 9.17) is 11.6 Å². The van der Waals surface area contributed by atoms with Gasteiger partial charge in [-0.05, 0) is 18.6 Å². The summed E-state index contributed by atoms with van der Waals surface area (Å²) >= 11 is 5.93. The number of halogens is 1. The zero-order chi connectivity index (χ0) is 8.55. The number of nitrogens with zero attached hydrogens (tertiary/aromatic N) is 2. The molecule has 0 aliphatic heterocycles. The van der Waals surface area contributed by atoms with E-state index in [2.05, 4.69) is 9.97 Å². The van der Waals surface area contributed by atoms with Crippen molar-refractivity contribution in [3.05, 3.63) is 35.1 Å². The first kappa shape index (κ1) is 7.50. The van der Waals surface area contributed by atoms with Crippen molar-refractivity contribution in [1.82, 2.24) is 9.97 Å². The second-order valence-corrected chi connectivity index (χ2v) is 3.03. The van der Waals surface area contributed by atoms with Crippen molar-refractivity contribution in [3.63, 3.8) is 0 Å². The molecule has 0 aliphatic rings. The first-order chi connectivity index (χ1) is 5.79. The minimum Gasteiger partial charge on any atom is -0.253 e. The highest BCUT2D eigenvalue weighted by molar-refractivity contribution is 6.34.